The second-order valence-corrected chi connectivity index (χ2v) is 3.62. The Morgan fingerprint density at radius 3 is 2.67 bits per heavy atom. The molecule has 0 bridgehead atoms. The Hall–Kier alpha value is -1.88. The first-order chi connectivity index (χ1) is 8.59. The molecule has 5 nitrogen and oxygen atoms in total. The van der Waals surface area contributed by atoms with Crippen molar-refractivity contribution in [1.82, 2.24) is 14.8 Å². The Balaban J connectivity index is 0.000000771. The van der Waals surface area contributed by atoms with E-state index in [1.165, 1.54) is 17.1 Å². The number of carbonyl (C=O) groups is 1. The molecule has 1 N–H and O–H groups in total. The van der Waals surface area contributed by atoms with Gasteiger partial charge in [-0.15, -0.1) is 0 Å². The number of aromatic nitrogens is 3. The lowest BCUT2D eigenvalue weighted by molar-refractivity contribution is 0.0697. The molecule has 0 saturated heterocycles. The lowest BCUT2D eigenvalue weighted by Crippen LogP contribution is -2.00. The van der Waals surface area contributed by atoms with E-state index >= 15 is 0 Å². The van der Waals surface area contributed by atoms with Crippen molar-refractivity contribution in [3.8, 4) is 5.82 Å². The van der Waals surface area contributed by atoms with Gasteiger partial charge in [-0.25, -0.2) is 14.5 Å². The summed E-state index contributed by atoms with van der Waals surface area (Å²) in [5, 5.41) is 13.1. The third-order valence-corrected chi connectivity index (χ3v) is 2.58. The van der Waals surface area contributed by atoms with E-state index in [9.17, 15) is 4.79 Å². The van der Waals surface area contributed by atoms with E-state index in [1.54, 1.807) is 12.3 Å². The fourth-order valence-electron chi connectivity index (χ4n) is 1.23. The first kappa shape index (κ1) is 14.2. The van der Waals surface area contributed by atoms with Crippen LogP contribution in [0.25, 0.3) is 5.82 Å². The molecule has 0 unspecified atom stereocenters. The molecule has 0 saturated carbocycles. The Labute approximate surface area is 110 Å². The first-order valence-electron chi connectivity index (χ1n) is 5.49. The van der Waals surface area contributed by atoms with Gasteiger partial charge in [-0.05, 0) is 18.6 Å². The van der Waals surface area contributed by atoms with Crippen LogP contribution in [0.3, 0.4) is 0 Å². The fourth-order valence-corrected chi connectivity index (χ4v) is 1.43. The van der Waals surface area contributed by atoms with Crippen LogP contribution in [0, 0.1) is 6.92 Å². The summed E-state index contributed by atoms with van der Waals surface area (Å²) >= 11 is 6.05. The minimum atomic E-state index is -1.03. The molecule has 2 aromatic heterocycles. The maximum absolute atomic E-state index is 10.7. The minimum Gasteiger partial charge on any atom is -0.478 e. The standard InChI is InChI=1S/C10H8ClN3O2.C2H6/c1-6-2-3-12-9(8(6)11)14-5-7(4-13-14)10(15)16;1-2/h2-5H,1H3,(H,15,16);1-2H3. The minimum absolute atomic E-state index is 0.0966. The van der Waals surface area contributed by atoms with E-state index in [1.807, 2.05) is 20.8 Å². The average molecular weight is 268 g/mol. The van der Waals surface area contributed by atoms with Crippen LogP contribution in [0.5, 0.6) is 0 Å². The van der Waals surface area contributed by atoms with Crippen molar-refractivity contribution in [3.05, 3.63) is 40.8 Å². The number of pyridine rings is 1. The van der Waals surface area contributed by atoms with Crippen molar-refractivity contribution in [3.63, 3.8) is 0 Å². The van der Waals surface area contributed by atoms with Crippen LogP contribution in [-0.4, -0.2) is 25.8 Å². The molecule has 96 valence electrons. The summed E-state index contributed by atoms with van der Waals surface area (Å²) in [6.07, 6.45) is 4.22. The normalized spacial score (nSPS) is 9.56. The van der Waals surface area contributed by atoms with Gasteiger partial charge in [0.15, 0.2) is 5.82 Å². The molecule has 0 aliphatic heterocycles. The molecule has 0 fully saturated rings. The van der Waals surface area contributed by atoms with Gasteiger partial charge in [-0.1, -0.05) is 25.4 Å². The molecule has 0 amide bonds. The highest BCUT2D eigenvalue weighted by atomic mass is 35.5. The number of carboxylic acids is 1. The predicted molar refractivity (Wildman–Crippen MR) is 69.4 cm³/mol. The molecule has 0 spiro atoms. The van der Waals surface area contributed by atoms with Gasteiger partial charge in [0, 0.05) is 12.4 Å². The van der Waals surface area contributed by atoms with E-state index in [4.69, 9.17) is 16.7 Å². The second-order valence-electron chi connectivity index (χ2n) is 3.24. The molecule has 2 aromatic rings. The quantitative estimate of drug-likeness (QED) is 0.908. The number of aryl methyl sites for hydroxylation is 1. The van der Waals surface area contributed by atoms with E-state index in [2.05, 4.69) is 10.1 Å². The van der Waals surface area contributed by atoms with Gasteiger partial charge in [-0.2, -0.15) is 5.10 Å². The van der Waals surface area contributed by atoms with Crippen LogP contribution in [0.4, 0.5) is 0 Å². The summed E-state index contributed by atoms with van der Waals surface area (Å²) in [4.78, 5) is 14.7. The molecule has 0 aliphatic carbocycles. The van der Waals surface area contributed by atoms with Crippen LogP contribution in [0.1, 0.15) is 29.8 Å². The Bertz CT molecular complexity index is 552. The molecule has 2 heterocycles. The number of hydrogen-bond donors (Lipinski definition) is 1. The van der Waals surface area contributed by atoms with Crippen molar-refractivity contribution in [2.24, 2.45) is 0 Å². The van der Waals surface area contributed by atoms with Crippen molar-refractivity contribution in [2.75, 3.05) is 0 Å². The Morgan fingerprint density at radius 1 is 1.44 bits per heavy atom. The fraction of sp³-hybridized carbons (Fsp3) is 0.250. The Morgan fingerprint density at radius 2 is 2.11 bits per heavy atom. The SMILES string of the molecule is CC.Cc1ccnc(-n2cc(C(=O)O)cn2)c1Cl. The van der Waals surface area contributed by atoms with E-state index in [-0.39, 0.29) is 5.56 Å². The highest BCUT2D eigenvalue weighted by molar-refractivity contribution is 6.32. The lowest BCUT2D eigenvalue weighted by atomic mass is 10.3. The zero-order valence-corrected chi connectivity index (χ0v) is 11.1. The summed E-state index contributed by atoms with van der Waals surface area (Å²) in [6.45, 7) is 5.84. The first-order valence-corrected chi connectivity index (χ1v) is 5.87. The van der Waals surface area contributed by atoms with E-state index in [0.717, 1.165) is 5.56 Å². The van der Waals surface area contributed by atoms with Crippen LogP contribution in [0.2, 0.25) is 5.02 Å². The summed E-state index contributed by atoms with van der Waals surface area (Å²) in [6, 6.07) is 1.77. The van der Waals surface area contributed by atoms with Gasteiger partial charge in [0.25, 0.3) is 0 Å². The lowest BCUT2D eigenvalue weighted by Gasteiger charge is -2.04. The maximum Gasteiger partial charge on any atom is 0.338 e. The molecule has 0 radical (unpaired) electrons. The van der Waals surface area contributed by atoms with Crippen LogP contribution >= 0.6 is 11.6 Å². The number of hydrogen-bond acceptors (Lipinski definition) is 3. The molecule has 18 heavy (non-hydrogen) atoms. The number of carboxylic acid groups (broad SMARTS) is 1. The third kappa shape index (κ3) is 2.87. The van der Waals surface area contributed by atoms with Crippen molar-refractivity contribution in [1.29, 1.82) is 0 Å². The topological polar surface area (TPSA) is 68.0 Å². The largest absolute Gasteiger partial charge is 0.478 e. The molecular formula is C12H14ClN3O2. The van der Waals surface area contributed by atoms with Crippen molar-refractivity contribution in [2.45, 2.75) is 20.8 Å². The number of nitrogens with zero attached hydrogens (tertiary/aromatic N) is 3. The van der Waals surface area contributed by atoms with Gasteiger partial charge in [0.1, 0.15) is 0 Å². The Kier molecular flexibility index (Phi) is 4.85. The molecule has 0 aliphatic rings. The zero-order chi connectivity index (χ0) is 13.7. The number of rotatable bonds is 2. The van der Waals surface area contributed by atoms with Gasteiger partial charge < -0.3 is 5.11 Å². The maximum atomic E-state index is 10.7. The molecule has 2 rings (SSSR count). The highest BCUT2D eigenvalue weighted by Gasteiger charge is 2.11. The monoisotopic (exact) mass is 267 g/mol. The average Bonchev–Trinajstić information content (AvgIpc) is 2.85. The number of aromatic carboxylic acids is 1. The van der Waals surface area contributed by atoms with Crippen molar-refractivity contribution >= 4 is 17.6 Å². The molecule has 6 heteroatoms. The summed E-state index contributed by atoms with van der Waals surface area (Å²) in [7, 11) is 0. The predicted octanol–water partition coefficient (Wildman–Crippen LogP) is 2.95. The highest BCUT2D eigenvalue weighted by Crippen LogP contribution is 2.21. The molecular weight excluding hydrogens is 254 g/mol. The summed E-state index contributed by atoms with van der Waals surface area (Å²) in [5.41, 5.74) is 0.957. The van der Waals surface area contributed by atoms with Crippen molar-refractivity contribution < 1.29 is 9.90 Å². The molecule has 0 atom stereocenters. The van der Waals surface area contributed by atoms with Crippen LogP contribution < -0.4 is 0 Å². The summed E-state index contributed by atoms with van der Waals surface area (Å²) < 4.78 is 1.35. The second kappa shape index (κ2) is 6.16. The van der Waals surface area contributed by atoms with Crippen LogP contribution in [0.15, 0.2) is 24.7 Å². The van der Waals surface area contributed by atoms with E-state index in [0.29, 0.717) is 10.8 Å². The van der Waals surface area contributed by atoms with Gasteiger partial charge in [0.2, 0.25) is 0 Å². The van der Waals surface area contributed by atoms with Crippen LogP contribution in [-0.2, 0) is 0 Å². The molecule has 0 aromatic carbocycles. The van der Waals surface area contributed by atoms with Gasteiger partial charge in [0.05, 0.1) is 16.8 Å². The zero-order valence-electron chi connectivity index (χ0n) is 10.4. The smallest absolute Gasteiger partial charge is 0.338 e. The summed E-state index contributed by atoms with van der Waals surface area (Å²) in [5.74, 6) is -0.607. The number of halogens is 1. The third-order valence-electron chi connectivity index (χ3n) is 2.11. The van der Waals surface area contributed by atoms with E-state index < -0.39 is 5.97 Å². The van der Waals surface area contributed by atoms with Gasteiger partial charge >= 0.3 is 5.97 Å². The van der Waals surface area contributed by atoms with Gasteiger partial charge in [-0.3, -0.25) is 0 Å².